The number of hydrogen-bond donors (Lipinski definition) is 2. The minimum absolute atomic E-state index is 0.0554. The summed E-state index contributed by atoms with van der Waals surface area (Å²) in [5.74, 6) is -0.0554. The molecule has 0 saturated carbocycles. The Hall–Kier alpha value is -3.40. The monoisotopic (exact) mass is 370 g/mol. The molecule has 0 aromatic heterocycles. The Bertz CT molecular complexity index is 988. The van der Waals surface area contributed by atoms with Crippen molar-refractivity contribution in [2.24, 2.45) is 21.7 Å². The highest BCUT2D eigenvalue weighted by molar-refractivity contribution is 5.83. The van der Waals surface area contributed by atoms with Gasteiger partial charge in [-0.05, 0) is 44.9 Å². The van der Waals surface area contributed by atoms with Gasteiger partial charge in [-0.3, -0.25) is 0 Å². The van der Waals surface area contributed by atoms with Gasteiger partial charge in [-0.2, -0.15) is 5.10 Å². The lowest BCUT2D eigenvalue weighted by molar-refractivity contribution is 0.590. The number of hydrogen-bond acceptors (Lipinski definition) is 2. The SMILES string of the molecule is CC(C)(C)c1ccc(-c2cccc(-c3ccc(/C=N/N=C(N)N)cc3)c2)cc1. The fourth-order valence-corrected chi connectivity index (χ4v) is 2.96. The van der Waals surface area contributed by atoms with Gasteiger partial charge in [0.25, 0.3) is 0 Å². The molecule has 0 spiro atoms. The average molecular weight is 371 g/mol. The topological polar surface area (TPSA) is 76.8 Å². The molecule has 3 aromatic carbocycles. The maximum atomic E-state index is 5.26. The molecule has 0 fully saturated rings. The first-order chi connectivity index (χ1) is 13.3. The van der Waals surface area contributed by atoms with E-state index >= 15 is 0 Å². The molecule has 4 nitrogen and oxygen atoms in total. The van der Waals surface area contributed by atoms with Crippen LogP contribution in [0.5, 0.6) is 0 Å². The van der Waals surface area contributed by atoms with Crippen LogP contribution >= 0.6 is 0 Å². The summed E-state index contributed by atoms with van der Waals surface area (Å²) in [6.45, 7) is 6.69. The Morgan fingerprint density at radius 2 is 1.29 bits per heavy atom. The van der Waals surface area contributed by atoms with Crippen LogP contribution in [0.25, 0.3) is 22.3 Å². The highest BCUT2D eigenvalue weighted by atomic mass is 15.3. The van der Waals surface area contributed by atoms with Gasteiger partial charge >= 0.3 is 0 Å². The fraction of sp³-hybridized carbons (Fsp3) is 0.167. The lowest BCUT2D eigenvalue weighted by Gasteiger charge is -2.19. The van der Waals surface area contributed by atoms with Crippen molar-refractivity contribution in [1.29, 1.82) is 0 Å². The van der Waals surface area contributed by atoms with Crippen molar-refractivity contribution in [2.45, 2.75) is 26.2 Å². The van der Waals surface area contributed by atoms with Gasteiger partial charge in [-0.1, -0.05) is 87.5 Å². The van der Waals surface area contributed by atoms with Crippen LogP contribution in [0.3, 0.4) is 0 Å². The van der Waals surface area contributed by atoms with E-state index in [0.29, 0.717) is 0 Å². The Labute approximate surface area is 166 Å². The fourth-order valence-electron chi connectivity index (χ4n) is 2.96. The van der Waals surface area contributed by atoms with Crippen LogP contribution in [0.2, 0.25) is 0 Å². The summed E-state index contributed by atoms with van der Waals surface area (Å²) < 4.78 is 0. The second kappa shape index (κ2) is 8.09. The minimum Gasteiger partial charge on any atom is -0.369 e. The van der Waals surface area contributed by atoms with Gasteiger partial charge in [-0.15, -0.1) is 5.10 Å². The van der Waals surface area contributed by atoms with Crippen LogP contribution in [-0.2, 0) is 5.41 Å². The van der Waals surface area contributed by atoms with Crippen molar-refractivity contribution in [3.8, 4) is 22.3 Å². The molecule has 28 heavy (non-hydrogen) atoms. The number of benzene rings is 3. The molecule has 4 heteroatoms. The summed E-state index contributed by atoms with van der Waals surface area (Å²) in [5.41, 5.74) is 17.7. The molecule has 142 valence electrons. The Kier molecular flexibility index (Phi) is 5.59. The van der Waals surface area contributed by atoms with Crippen LogP contribution in [-0.4, -0.2) is 12.2 Å². The molecule has 3 aromatic rings. The quantitative estimate of drug-likeness (QED) is 0.388. The summed E-state index contributed by atoms with van der Waals surface area (Å²) in [6, 6.07) is 25.5. The number of rotatable bonds is 4. The van der Waals surface area contributed by atoms with Crippen molar-refractivity contribution < 1.29 is 0 Å². The molecule has 0 aliphatic carbocycles. The van der Waals surface area contributed by atoms with Crippen molar-refractivity contribution >= 4 is 12.2 Å². The average Bonchev–Trinajstić information content (AvgIpc) is 2.68. The van der Waals surface area contributed by atoms with E-state index in [4.69, 9.17) is 11.5 Å². The third-order valence-corrected chi connectivity index (χ3v) is 4.57. The summed E-state index contributed by atoms with van der Waals surface area (Å²) >= 11 is 0. The lowest BCUT2D eigenvalue weighted by Crippen LogP contribution is -2.21. The molecule has 4 N–H and O–H groups in total. The van der Waals surface area contributed by atoms with E-state index in [2.05, 4.69) is 91.6 Å². The van der Waals surface area contributed by atoms with E-state index < -0.39 is 0 Å². The zero-order chi connectivity index (χ0) is 20.1. The first-order valence-corrected chi connectivity index (χ1v) is 9.26. The maximum absolute atomic E-state index is 5.26. The first kappa shape index (κ1) is 19.4. The van der Waals surface area contributed by atoms with E-state index in [0.717, 1.165) is 11.1 Å². The molecule has 0 unspecified atom stereocenters. The smallest absolute Gasteiger partial charge is 0.211 e. The van der Waals surface area contributed by atoms with E-state index in [1.807, 2.05) is 12.1 Å². The molecule has 0 amide bonds. The molecule has 0 heterocycles. The molecule has 0 bridgehead atoms. The predicted octanol–water partition coefficient (Wildman–Crippen LogP) is 4.93. The van der Waals surface area contributed by atoms with Crippen LogP contribution in [0, 0.1) is 0 Å². The molecule has 0 saturated heterocycles. The van der Waals surface area contributed by atoms with Crippen LogP contribution in [0.1, 0.15) is 31.9 Å². The Morgan fingerprint density at radius 3 is 1.79 bits per heavy atom. The normalized spacial score (nSPS) is 11.5. The number of nitrogens with two attached hydrogens (primary N) is 2. The number of guanidine groups is 1. The van der Waals surface area contributed by atoms with Crippen molar-refractivity contribution in [3.05, 3.63) is 83.9 Å². The summed E-state index contributed by atoms with van der Waals surface area (Å²) in [5, 5.41) is 7.44. The van der Waals surface area contributed by atoms with Gasteiger partial charge in [-0.25, -0.2) is 0 Å². The van der Waals surface area contributed by atoms with Crippen molar-refractivity contribution in [3.63, 3.8) is 0 Å². The summed E-state index contributed by atoms with van der Waals surface area (Å²) in [4.78, 5) is 0. The van der Waals surface area contributed by atoms with E-state index in [9.17, 15) is 0 Å². The van der Waals surface area contributed by atoms with Gasteiger partial charge in [0.1, 0.15) is 0 Å². The largest absolute Gasteiger partial charge is 0.369 e. The standard InChI is InChI=1S/C24H26N4/c1-24(2,3)22-13-11-19(12-14-22)21-6-4-5-20(15-21)18-9-7-17(8-10-18)16-27-28-23(25)26/h4-16H,1-3H3,(H4,25,26,28)/b27-16+. The van der Waals surface area contributed by atoms with Crippen LogP contribution in [0.15, 0.2) is 83.0 Å². The van der Waals surface area contributed by atoms with Gasteiger partial charge in [0.15, 0.2) is 0 Å². The second-order valence-corrected chi connectivity index (χ2v) is 7.80. The molecule has 0 atom stereocenters. The molecule has 0 aliphatic heterocycles. The molecule has 3 rings (SSSR count). The van der Waals surface area contributed by atoms with Gasteiger partial charge in [0.05, 0.1) is 6.21 Å². The van der Waals surface area contributed by atoms with E-state index in [-0.39, 0.29) is 11.4 Å². The van der Waals surface area contributed by atoms with E-state index in [1.165, 1.54) is 22.3 Å². The molecule has 0 aliphatic rings. The van der Waals surface area contributed by atoms with Gasteiger partial charge in [0, 0.05) is 0 Å². The predicted molar refractivity (Wildman–Crippen MR) is 119 cm³/mol. The van der Waals surface area contributed by atoms with Gasteiger partial charge < -0.3 is 11.5 Å². The Balaban J connectivity index is 1.83. The van der Waals surface area contributed by atoms with Crippen molar-refractivity contribution in [2.75, 3.05) is 0 Å². The highest BCUT2D eigenvalue weighted by Crippen LogP contribution is 2.29. The molecule has 0 radical (unpaired) electrons. The number of nitrogens with zero attached hydrogens (tertiary/aromatic N) is 2. The summed E-state index contributed by atoms with van der Waals surface area (Å²) in [7, 11) is 0. The second-order valence-electron chi connectivity index (χ2n) is 7.80. The van der Waals surface area contributed by atoms with Crippen LogP contribution < -0.4 is 11.5 Å². The zero-order valence-electron chi connectivity index (χ0n) is 16.6. The highest BCUT2D eigenvalue weighted by Gasteiger charge is 2.13. The van der Waals surface area contributed by atoms with Crippen LogP contribution in [0.4, 0.5) is 0 Å². The molecular weight excluding hydrogens is 344 g/mol. The zero-order valence-corrected chi connectivity index (χ0v) is 16.6. The Morgan fingerprint density at radius 1 is 0.750 bits per heavy atom. The minimum atomic E-state index is -0.0554. The summed E-state index contributed by atoms with van der Waals surface area (Å²) in [6.07, 6.45) is 1.62. The molecular formula is C24H26N4. The lowest BCUT2D eigenvalue weighted by atomic mass is 9.86. The van der Waals surface area contributed by atoms with E-state index in [1.54, 1.807) is 6.21 Å². The van der Waals surface area contributed by atoms with Gasteiger partial charge in [0.2, 0.25) is 5.96 Å². The maximum Gasteiger partial charge on any atom is 0.211 e. The first-order valence-electron chi connectivity index (χ1n) is 9.26. The third-order valence-electron chi connectivity index (χ3n) is 4.57. The van der Waals surface area contributed by atoms with Crippen molar-refractivity contribution in [1.82, 2.24) is 0 Å². The third kappa shape index (κ3) is 4.86.